The Morgan fingerprint density at radius 2 is 0.842 bits per heavy atom. The van der Waals surface area contributed by atoms with E-state index in [-0.39, 0.29) is 25.4 Å². The number of carbonyl (C=O) groups is 2. The molecule has 3 unspecified atom stereocenters. The third-order valence-electron chi connectivity index (χ3n) is 12.6. The second-order valence-electron chi connectivity index (χ2n) is 21.1. The van der Waals surface area contributed by atoms with E-state index in [1.54, 1.807) is 6.08 Å². The molecule has 0 radical (unpaired) electrons. The average Bonchev–Trinajstić information content (AvgIpc) is 3.38. The Morgan fingerprint density at radius 3 is 1.30 bits per heavy atom. The minimum absolute atomic E-state index is 0.0407. The number of ether oxygens (including phenoxy) is 1. The van der Waals surface area contributed by atoms with Crippen molar-refractivity contribution in [3.8, 4) is 0 Å². The Hall–Kier alpha value is -3.59. The molecule has 0 spiro atoms. The molecule has 1 N–H and O–H groups in total. The van der Waals surface area contributed by atoms with Gasteiger partial charge in [0.2, 0.25) is 5.91 Å². The number of phosphoric acid groups is 1. The number of rotatable bonds is 53. The van der Waals surface area contributed by atoms with Crippen LogP contribution < -0.4 is 10.2 Å². The maximum absolute atomic E-state index is 13.5. The van der Waals surface area contributed by atoms with Gasteiger partial charge in [0, 0.05) is 12.8 Å². The van der Waals surface area contributed by atoms with Gasteiger partial charge < -0.3 is 28.5 Å². The summed E-state index contributed by atoms with van der Waals surface area (Å²) in [5.41, 5.74) is 0. The number of hydrogen-bond donors (Lipinski definition) is 1. The number of unbranched alkanes of at least 4 members (excludes halogenated alkanes) is 19. The Kier molecular flexibility index (Phi) is 52.2. The first kappa shape index (κ1) is 72.4. The fourth-order valence-electron chi connectivity index (χ4n) is 7.94. The summed E-state index contributed by atoms with van der Waals surface area (Å²) in [5.74, 6) is -0.626. The summed E-state index contributed by atoms with van der Waals surface area (Å²) in [4.78, 5) is 39.9. The van der Waals surface area contributed by atoms with Crippen molar-refractivity contribution in [2.24, 2.45) is 0 Å². The topological polar surface area (TPSA) is 114 Å². The standard InChI is InChI=1S/C66H113N2O7P/c1-7-10-13-16-19-22-25-28-30-32-33-34-35-37-39-41-44-47-50-53-56-59-66(70)75-64(57-54-51-48-45-42-27-24-21-18-15-12-9-3)63(62-74-76(71,72)73-61-60-68(4,5)6)67-65(69)58-55-52-49-46-43-40-38-36-31-29-26-23-20-17-14-11-8-2/h10,13,19-20,22-23,28-31,33-34,37-40,44,47,54,57,63-64H,7-9,11-12,14-18,21,24-27,32,35-36,41-43,45-46,48-53,55-56,58-62H2,1-6H3,(H-,67,69,71,72)/b13-10-,22-19-,23-20-,30-28-,31-29-,34-33-,39-37-,40-38-,47-44-,57-54+. The van der Waals surface area contributed by atoms with E-state index in [0.29, 0.717) is 23.9 Å². The van der Waals surface area contributed by atoms with Crippen LogP contribution in [0, 0.1) is 0 Å². The number of hydrogen-bond acceptors (Lipinski definition) is 7. The molecule has 0 aromatic heterocycles. The van der Waals surface area contributed by atoms with Gasteiger partial charge in [-0.25, -0.2) is 0 Å². The highest BCUT2D eigenvalue weighted by atomic mass is 31.2. The second-order valence-corrected chi connectivity index (χ2v) is 22.5. The van der Waals surface area contributed by atoms with Crippen molar-refractivity contribution in [2.75, 3.05) is 40.9 Å². The number of likely N-dealkylation sites (N-methyl/N-ethyl adjacent to an activating group) is 1. The van der Waals surface area contributed by atoms with Crippen LogP contribution in [-0.4, -0.2) is 69.4 Å². The molecule has 0 bridgehead atoms. The molecule has 3 atom stereocenters. The highest BCUT2D eigenvalue weighted by molar-refractivity contribution is 7.45. The largest absolute Gasteiger partial charge is 0.756 e. The molecule has 0 aliphatic rings. The zero-order valence-electron chi connectivity index (χ0n) is 49.4. The van der Waals surface area contributed by atoms with Gasteiger partial charge in [-0.1, -0.05) is 220 Å². The molecule has 9 nitrogen and oxygen atoms in total. The first-order chi connectivity index (χ1) is 36.9. The summed E-state index contributed by atoms with van der Waals surface area (Å²) < 4.78 is 30.2. The van der Waals surface area contributed by atoms with Crippen LogP contribution >= 0.6 is 7.82 Å². The smallest absolute Gasteiger partial charge is 0.306 e. The zero-order chi connectivity index (χ0) is 55.7. The lowest BCUT2D eigenvalue weighted by Gasteiger charge is -2.30. The molecule has 0 rings (SSSR count). The van der Waals surface area contributed by atoms with Crippen LogP contribution in [0.2, 0.25) is 0 Å². The number of phosphoric ester groups is 1. The van der Waals surface area contributed by atoms with Crippen LogP contribution in [0.5, 0.6) is 0 Å². The summed E-state index contributed by atoms with van der Waals surface area (Å²) in [5, 5.41) is 3.00. The van der Waals surface area contributed by atoms with Crippen molar-refractivity contribution < 1.29 is 37.3 Å². The minimum Gasteiger partial charge on any atom is -0.756 e. The highest BCUT2D eigenvalue weighted by Crippen LogP contribution is 2.38. The Bertz CT molecular complexity index is 1720. The van der Waals surface area contributed by atoms with Gasteiger partial charge in [0.25, 0.3) is 7.82 Å². The Balaban J connectivity index is 5.42. The Labute approximate surface area is 467 Å². The predicted molar refractivity (Wildman–Crippen MR) is 325 cm³/mol. The number of allylic oxidation sites excluding steroid dienone is 19. The molecule has 0 saturated heterocycles. The second kappa shape index (κ2) is 54.8. The lowest BCUT2D eigenvalue weighted by atomic mass is 10.1. The fraction of sp³-hybridized carbons (Fsp3) is 0.667. The van der Waals surface area contributed by atoms with E-state index in [9.17, 15) is 19.0 Å². The fourth-order valence-corrected chi connectivity index (χ4v) is 8.66. The van der Waals surface area contributed by atoms with Crippen molar-refractivity contribution in [1.82, 2.24) is 5.32 Å². The maximum Gasteiger partial charge on any atom is 0.306 e. The number of nitrogens with one attached hydrogen (secondary N) is 1. The molecular formula is C66H113N2O7P. The molecule has 0 aliphatic carbocycles. The zero-order valence-corrected chi connectivity index (χ0v) is 50.3. The van der Waals surface area contributed by atoms with E-state index in [1.807, 2.05) is 27.2 Å². The van der Waals surface area contributed by atoms with E-state index in [4.69, 9.17) is 13.8 Å². The van der Waals surface area contributed by atoms with Gasteiger partial charge in [-0.05, 0) is 122 Å². The molecule has 0 aromatic carbocycles. The lowest BCUT2D eigenvalue weighted by molar-refractivity contribution is -0.870. The van der Waals surface area contributed by atoms with E-state index in [2.05, 4.69) is 135 Å². The van der Waals surface area contributed by atoms with Gasteiger partial charge in [0.15, 0.2) is 0 Å². The van der Waals surface area contributed by atoms with Crippen LogP contribution in [0.4, 0.5) is 0 Å². The monoisotopic (exact) mass is 1080 g/mol. The molecular weight excluding hydrogens is 964 g/mol. The maximum atomic E-state index is 13.5. The summed E-state index contributed by atoms with van der Waals surface area (Å²) >= 11 is 0. The van der Waals surface area contributed by atoms with Crippen molar-refractivity contribution in [3.63, 3.8) is 0 Å². The molecule has 1 amide bonds. The van der Waals surface area contributed by atoms with E-state index < -0.39 is 32.5 Å². The van der Waals surface area contributed by atoms with Crippen molar-refractivity contribution >= 4 is 19.7 Å². The third kappa shape index (κ3) is 55.2. The van der Waals surface area contributed by atoms with Crippen LogP contribution in [0.15, 0.2) is 122 Å². The molecule has 0 saturated carbocycles. The number of esters is 1. The number of nitrogens with zero attached hydrogens (tertiary/aromatic N) is 1. The number of quaternary nitrogens is 1. The molecule has 0 aromatic rings. The highest BCUT2D eigenvalue weighted by Gasteiger charge is 2.27. The lowest BCUT2D eigenvalue weighted by Crippen LogP contribution is -2.47. The minimum atomic E-state index is -4.72. The van der Waals surface area contributed by atoms with Crippen LogP contribution in [0.3, 0.4) is 0 Å². The van der Waals surface area contributed by atoms with Gasteiger partial charge in [0.1, 0.15) is 19.3 Å². The summed E-state index contributed by atoms with van der Waals surface area (Å²) in [6, 6.07) is -0.926. The van der Waals surface area contributed by atoms with Gasteiger partial charge >= 0.3 is 5.97 Å². The summed E-state index contributed by atoms with van der Waals surface area (Å²) in [7, 11) is 1.13. The number of amides is 1. The summed E-state index contributed by atoms with van der Waals surface area (Å²) in [6.45, 7) is 6.63. The van der Waals surface area contributed by atoms with E-state index in [0.717, 1.165) is 109 Å². The molecule has 434 valence electrons. The molecule has 10 heteroatoms. The normalized spacial score (nSPS) is 14.6. The van der Waals surface area contributed by atoms with Gasteiger partial charge in [-0.15, -0.1) is 0 Å². The molecule has 76 heavy (non-hydrogen) atoms. The van der Waals surface area contributed by atoms with Crippen molar-refractivity contribution in [3.05, 3.63) is 122 Å². The average molecular weight is 1080 g/mol. The molecule has 0 fully saturated rings. The molecule has 0 aliphatic heterocycles. The Morgan fingerprint density at radius 1 is 0.474 bits per heavy atom. The van der Waals surface area contributed by atoms with Gasteiger partial charge in [-0.2, -0.15) is 0 Å². The SMILES string of the molecule is CC/C=C\C/C=C\C/C=C\C/C=C\C/C=C\C/C=C\CCCCC(=O)OC(/C=C/CCCCCCCCCCCC)C(COP(=O)([O-])OCC[N+](C)(C)C)NC(=O)CCCCCC/C=C\C/C=C\C/C=C\CCCCC. The van der Waals surface area contributed by atoms with Gasteiger partial charge in [0.05, 0.1) is 33.8 Å². The van der Waals surface area contributed by atoms with Crippen molar-refractivity contribution in [1.29, 1.82) is 0 Å². The van der Waals surface area contributed by atoms with Crippen LogP contribution in [0.25, 0.3) is 0 Å². The van der Waals surface area contributed by atoms with Crippen molar-refractivity contribution in [2.45, 2.75) is 245 Å². The first-order valence-corrected chi connectivity index (χ1v) is 31.8. The van der Waals surface area contributed by atoms with E-state index >= 15 is 0 Å². The van der Waals surface area contributed by atoms with Crippen LogP contribution in [-0.2, 0) is 27.9 Å². The van der Waals surface area contributed by atoms with E-state index in [1.165, 1.54) is 77.0 Å². The van der Waals surface area contributed by atoms with Crippen LogP contribution in [0.1, 0.15) is 233 Å². The third-order valence-corrected chi connectivity index (χ3v) is 13.6. The first-order valence-electron chi connectivity index (χ1n) is 30.3. The van der Waals surface area contributed by atoms with Gasteiger partial charge in [-0.3, -0.25) is 14.2 Å². The molecule has 0 heterocycles. The predicted octanol–water partition coefficient (Wildman–Crippen LogP) is 18.1. The quantitative estimate of drug-likeness (QED) is 0.0212. The number of carbonyl (C=O) groups excluding carboxylic acids is 2. The summed E-state index contributed by atoms with van der Waals surface area (Å²) in [6.07, 6.45) is 75.9.